The van der Waals surface area contributed by atoms with Gasteiger partial charge in [0.25, 0.3) is 11.8 Å². The molecule has 0 radical (unpaired) electrons. The Morgan fingerprint density at radius 1 is 0.909 bits per heavy atom. The highest BCUT2D eigenvalue weighted by Crippen LogP contribution is 2.22. The Labute approximate surface area is 194 Å². The van der Waals surface area contributed by atoms with Crippen LogP contribution < -0.4 is 5.32 Å². The summed E-state index contributed by atoms with van der Waals surface area (Å²) in [4.78, 5) is 53.6. The molecule has 0 aromatic heterocycles. The van der Waals surface area contributed by atoms with Crippen LogP contribution in [0.4, 0.5) is 0 Å². The fourth-order valence-electron chi connectivity index (χ4n) is 3.95. The average Bonchev–Trinajstić information content (AvgIpc) is 3.04. The Kier molecular flexibility index (Phi) is 7.98. The first-order valence-electron chi connectivity index (χ1n) is 11.4. The van der Waals surface area contributed by atoms with E-state index in [4.69, 9.17) is 0 Å². The van der Waals surface area contributed by atoms with Crippen molar-refractivity contribution < 1.29 is 19.2 Å². The molecule has 0 spiro atoms. The molecule has 1 heterocycles. The third-order valence-electron chi connectivity index (χ3n) is 5.73. The number of carbonyl (C=O) groups is 4. The zero-order chi connectivity index (χ0) is 24.0. The maximum atomic E-state index is 13.1. The maximum absolute atomic E-state index is 13.1. The predicted molar refractivity (Wildman–Crippen MR) is 126 cm³/mol. The molecule has 1 atom stereocenters. The molecule has 1 N–H and O–H groups in total. The minimum atomic E-state index is -0.622. The third kappa shape index (κ3) is 5.86. The molecule has 7 heteroatoms. The van der Waals surface area contributed by atoms with Crippen molar-refractivity contribution in [2.24, 2.45) is 0 Å². The third-order valence-corrected chi connectivity index (χ3v) is 5.73. The van der Waals surface area contributed by atoms with Crippen LogP contribution in [0.25, 0.3) is 0 Å². The molecular formula is C26H31N3O4. The molecule has 1 aliphatic rings. The van der Waals surface area contributed by atoms with Crippen molar-refractivity contribution in [1.29, 1.82) is 0 Å². The number of hydrogen-bond acceptors (Lipinski definition) is 4. The lowest BCUT2D eigenvalue weighted by Crippen LogP contribution is -2.50. The Morgan fingerprint density at radius 3 is 2.06 bits per heavy atom. The van der Waals surface area contributed by atoms with E-state index in [9.17, 15) is 19.2 Å². The first-order valence-corrected chi connectivity index (χ1v) is 11.4. The van der Waals surface area contributed by atoms with Crippen LogP contribution in [0.1, 0.15) is 59.9 Å². The van der Waals surface area contributed by atoms with E-state index in [0.717, 1.165) is 5.56 Å². The SMILES string of the molecule is CC(C)NC(=O)[C@@H](C)N(CCc1ccccc1)C(=O)CCCN1C(=O)c2ccccc2C1=O. The number of rotatable bonds is 10. The standard InChI is InChI=1S/C26H31N3O4/c1-18(2)27-24(31)19(3)28(17-15-20-10-5-4-6-11-20)23(30)14-9-16-29-25(32)21-12-7-8-13-22(21)26(29)33/h4-8,10-13,18-19H,9,14-17H2,1-3H3,(H,27,31)/t19-/m1/s1. The van der Waals surface area contributed by atoms with Crippen LogP contribution >= 0.6 is 0 Å². The second-order valence-corrected chi connectivity index (χ2v) is 8.57. The summed E-state index contributed by atoms with van der Waals surface area (Å²) in [5, 5.41) is 2.87. The van der Waals surface area contributed by atoms with Crippen molar-refractivity contribution in [3.05, 3.63) is 71.3 Å². The zero-order valence-corrected chi connectivity index (χ0v) is 19.4. The van der Waals surface area contributed by atoms with Gasteiger partial charge in [-0.2, -0.15) is 0 Å². The van der Waals surface area contributed by atoms with Crippen molar-refractivity contribution in [2.75, 3.05) is 13.1 Å². The summed E-state index contributed by atoms with van der Waals surface area (Å²) < 4.78 is 0. The fourth-order valence-corrected chi connectivity index (χ4v) is 3.95. The molecule has 2 aromatic rings. The quantitative estimate of drug-likeness (QED) is 0.565. The van der Waals surface area contributed by atoms with Gasteiger partial charge in [0, 0.05) is 25.6 Å². The summed E-state index contributed by atoms with van der Waals surface area (Å²) in [5.74, 6) is -1.02. The van der Waals surface area contributed by atoms with Gasteiger partial charge in [0.15, 0.2) is 0 Å². The number of nitrogens with zero attached hydrogens (tertiary/aromatic N) is 2. The van der Waals surface area contributed by atoms with Crippen molar-refractivity contribution in [3.8, 4) is 0 Å². The Morgan fingerprint density at radius 2 is 1.48 bits per heavy atom. The molecule has 2 aromatic carbocycles. The first kappa shape index (κ1) is 24.2. The largest absolute Gasteiger partial charge is 0.352 e. The normalized spacial score (nSPS) is 13.8. The monoisotopic (exact) mass is 449 g/mol. The minimum absolute atomic E-state index is 0.0279. The van der Waals surface area contributed by atoms with E-state index in [2.05, 4.69) is 5.32 Å². The summed E-state index contributed by atoms with van der Waals surface area (Å²) in [6, 6.07) is 15.9. The van der Waals surface area contributed by atoms with Crippen LogP contribution in [-0.4, -0.2) is 58.6 Å². The second-order valence-electron chi connectivity index (χ2n) is 8.57. The minimum Gasteiger partial charge on any atom is -0.352 e. The summed E-state index contributed by atoms with van der Waals surface area (Å²) in [6.07, 6.45) is 1.11. The topological polar surface area (TPSA) is 86.8 Å². The fraction of sp³-hybridized carbons (Fsp3) is 0.385. The molecule has 4 amide bonds. The smallest absolute Gasteiger partial charge is 0.261 e. The highest BCUT2D eigenvalue weighted by atomic mass is 16.2. The van der Waals surface area contributed by atoms with Gasteiger partial charge >= 0.3 is 0 Å². The van der Waals surface area contributed by atoms with Gasteiger partial charge in [-0.05, 0) is 51.3 Å². The molecule has 174 valence electrons. The van der Waals surface area contributed by atoms with E-state index in [1.165, 1.54) is 4.90 Å². The number of imide groups is 1. The highest BCUT2D eigenvalue weighted by Gasteiger charge is 2.35. The summed E-state index contributed by atoms with van der Waals surface area (Å²) in [6.45, 7) is 6.05. The number of carbonyl (C=O) groups excluding carboxylic acids is 4. The van der Waals surface area contributed by atoms with Gasteiger partial charge in [0.2, 0.25) is 11.8 Å². The van der Waals surface area contributed by atoms with Crippen LogP contribution in [-0.2, 0) is 16.0 Å². The highest BCUT2D eigenvalue weighted by molar-refractivity contribution is 6.21. The van der Waals surface area contributed by atoms with E-state index < -0.39 is 6.04 Å². The van der Waals surface area contributed by atoms with Gasteiger partial charge in [-0.15, -0.1) is 0 Å². The van der Waals surface area contributed by atoms with E-state index >= 15 is 0 Å². The summed E-state index contributed by atoms with van der Waals surface area (Å²) >= 11 is 0. The molecule has 1 aliphatic heterocycles. The van der Waals surface area contributed by atoms with Gasteiger partial charge < -0.3 is 10.2 Å². The van der Waals surface area contributed by atoms with Gasteiger partial charge in [-0.3, -0.25) is 24.1 Å². The van der Waals surface area contributed by atoms with Crippen molar-refractivity contribution >= 4 is 23.6 Å². The van der Waals surface area contributed by atoms with Gasteiger partial charge in [-0.1, -0.05) is 42.5 Å². The number of nitrogens with one attached hydrogen (secondary N) is 1. The number of amides is 4. The van der Waals surface area contributed by atoms with Gasteiger partial charge in [-0.25, -0.2) is 0 Å². The average molecular weight is 450 g/mol. The Balaban J connectivity index is 1.62. The molecule has 0 fully saturated rings. The summed E-state index contributed by atoms with van der Waals surface area (Å²) in [7, 11) is 0. The van der Waals surface area contributed by atoms with Gasteiger partial charge in [0.05, 0.1) is 11.1 Å². The molecule has 0 bridgehead atoms. The molecule has 33 heavy (non-hydrogen) atoms. The maximum Gasteiger partial charge on any atom is 0.261 e. The van der Waals surface area contributed by atoms with Crippen LogP contribution in [0.5, 0.6) is 0 Å². The molecule has 0 saturated heterocycles. The molecular weight excluding hydrogens is 418 g/mol. The van der Waals surface area contributed by atoms with Crippen LogP contribution in [0, 0.1) is 0 Å². The summed E-state index contributed by atoms with van der Waals surface area (Å²) in [5.41, 5.74) is 1.88. The lowest BCUT2D eigenvalue weighted by atomic mass is 10.1. The van der Waals surface area contributed by atoms with E-state index in [-0.39, 0.29) is 42.6 Å². The molecule has 7 nitrogen and oxygen atoms in total. The Bertz CT molecular complexity index is 984. The van der Waals surface area contributed by atoms with Crippen LogP contribution in [0.2, 0.25) is 0 Å². The van der Waals surface area contributed by atoms with Crippen LogP contribution in [0.15, 0.2) is 54.6 Å². The number of benzene rings is 2. The van der Waals surface area contributed by atoms with Crippen molar-refractivity contribution in [1.82, 2.24) is 15.1 Å². The van der Waals surface area contributed by atoms with Crippen molar-refractivity contribution in [2.45, 2.75) is 52.1 Å². The lowest BCUT2D eigenvalue weighted by Gasteiger charge is -2.29. The predicted octanol–water partition coefficient (Wildman–Crippen LogP) is 3.05. The number of fused-ring (bicyclic) bond motifs is 1. The first-order chi connectivity index (χ1) is 15.8. The number of hydrogen-bond donors (Lipinski definition) is 1. The van der Waals surface area contributed by atoms with Crippen molar-refractivity contribution in [3.63, 3.8) is 0 Å². The molecule has 3 rings (SSSR count). The van der Waals surface area contributed by atoms with E-state index in [0.29, 0.717) is 30.5 Å². The molecule has 0 saturated carbocycles. The Hall–Kier alpha value is -3.48. The van der Waals surface area contributed by atoms with E-state index in [1.807, 2.05) is 44.2 Å². The zero-order valence-electron chi connectivity index (χ0n) is 19.4. The molecule has 0 unspecified atom stereocenters. The van der Waals surface area contributed by atoms with Crippen LogP contribution in [0.3, 0.4) is 0 Å². The van der Waals surface area contributed by atoms with Gasteiger partial charge in [0.1, 0.15) is 6.04 Å². The lowest BCUT2D eigenvalue weighted by molar-refractivity contribution is -0.140. The second kappa shape index (κ2) is 10.9. The molecule has 0 aliphatic carbocycles. The van der Waals surface area contributed by atoms with E-state index in [1.54, 1.807) is 36.1 Å².